The first kappa shape index (κ1) is 11.3. The van der Waals surface area contributed by atoms with Gasteiger partial charge in [-0.3, -0.25) is 0 Å². The summed E-state index contributed by atoms with van der Waals surface area (Å²) in [5.41, 5.74) is 1.97. The highest BCUT2D eigenvalue weighted by atomic mass is 16.5. The van der Waals surface area contributed by atoms with E-state index in [1.165, 1.54) is 6.92 Å². The van der Waals surface area contributed by atoms with Gasteiger partial charge in [-0.2, -0.15) is 0 Å². The lowest BCUT2D eigenvalue weighted by Gasteiger charge is -2.10. The first-order chi connectivity index (χ1) is 8.16. The molecule has 0 spiro atoms. The van der Waals surface area contributed by atoms with E-state index < -0.39 is 12.1 Å². The van der Waals surface area contributed by atoms with Crippen LogP contribution in [0.3, 0.4) is 0 Å². The van der Waals surface area contributed by atoms with E-state index in [0.29, 0.717) is 5.75 Å². The molecule has 0 saturated heterocycles. The quantitative estimate of drug-likeness (QED) is 0.880. The first-order valence-electron chi connectivity index (χ1n) is 5.19. The van der Waals surface area contributed by atoms with Crippen molar-refractivity contribution in [1.29, 1.82) is 0 Å². The van der Waals surface area contributed by atoms with Crippen molar-refractivity contribution in [2.75, 3.05) is 0 Å². The van der Waals surface area contributed by atoms with Crippen molar-refractivity contribution in [3.8, 4) is 16.9 Å². The molecule has 2 rings (SSSR count). The van der Waals surface area contributed by atoms with Crippen molar-refractivity contribution < 1.29 is 19.1 Å². The van der Waals surface area contributed by atoms with E-state index in [0.717, 1.165) is 11.1 Å². The number of benzene rings is 1. The Bertz CT molecular complexity index is 485. The highest BCUT2D eigenvalue weighted by Gasteiger charge is 2.12. The standard InChI is InChI=1S/C13H12O4/c1-9(13(14)15)17-12-4-2-10(3-5-12)11-6-7-16-8-11/h2-9H,1H3,(H,14,15). The number of ether oxygens (including phenoxy) is 1. The van der Waals surface area contributed by atoms with E-state index >= 15 is 0 Å². The van der Waals surface area contributed by atoms with Crippen LogP contribution in [-0.4, -0.2) is 17.2 Å². The molecular weight excluding hydrogens is 220 g/mol. The molecule has 0 saturated carbocycles. The maximum absolute atomic E-state index is 10.6. The molecule has 88 valence electrons. The van der Waals surface area contributed by atoms with Crippen LogP contribution in [0.4, 0.5) is 0 Å². The van der Waals surface area contributed by atoms with Crippen molar-refractivity contribution in [3.05, 3.63) is 42.9 Å². The first-order valence-corrected chi connectivity index (χ1v) is 5.19. The number of carbonyl (C=O) groups is 1. The summed E-state index contributed by atoms with van der Waals surface area (Å²) in [4.78, 5) is 10.6. The monoisotopic (exact) mass is 232 g/mol. The molecule has 0 fully saturated rings. The average Bonchev–Trinajstić information content (AvgIpc) is 2.83. The summed E-state index contributed by atoms with van der Waals surface area (Å²) in [5, 5.41) is 8.71. The van der Waals surface area contributed by atoms with Crippen LogP contribution in [0.5, 0.6) is 5.75 Å². The van der Waals surface area contributed by atoms with Gasteiger partial charge in [0.25, 0.3) is 0 Å². The Morgan fingerprint density at radius 2 is 1.94 bits per heavy atom. The van der Waals surface area contributed by atoms with E-state index in [4.69, 9.17) is 14.3 Å². The number of rotatable bonds is 4. The highest BCUT2D eigenvalue weighted by Crippen LogP contribution is 2.23. The minimum absolute atomic E-state index is 0.534. The molecule has 4 nitrogen and oxygen atoms in total. The summed E-state index contributed by atoms with van der Waals surface area (Å²) in [5.74, 6) is -0.448. The van der Waals surface area contributed by atoms with Crippen molar-refractivity contribution >= 4 is 5.97 Å². The zero-order chi connectivity index (χ0) is 12.3. The number of hydrogen-bond acceptors (Lipinski definition) is 3. The second-order valence-corrected chi connectivity index (χ2v) is 3.63. The molecule has 1 aromatic carbocycles. The number of carboxylic acid groups (broad SMARTS) is 1. The van der Waals surface area contributed by atoms with Crippen LogP contribution in [0, 0.1) is 0 Å². The van der Waals surface area contributed by atoms with Gasteiger partial charge in [0.15, 0.2) is 6.10 Å². The van der Waals surface area contributed by atoms with E-state index in [1.807, 2.05) is 18.2 Å². The van der Waals surface area contributed by atoms with Gasteiger partial charge in [-0.15, -0.1) is 0 Å². The fourth-order valence-electron chi connectivity index (χ4n) is 1.41. The summed E-state index contributed by atoms with van der Waals surface area (Å²) in [7, 11) is 0. The average molecular weight is 232 g/mol. The Morgan fingerprint density at radius 3 is 2.47 bits per heavy atom. The predicted octanol–water partition coefficient (Wildman–Crippen LogP) is 2.80. The van der Waals surface area contributed by atoms with Crippen molar-refractivity contribution in [2.24, 2.45) is 0 Å². The summed E-state index contributed by atoms with van der Waals surface area (Å²) in [6.07, 6.45) is 2.40. The van der Waals surface area contributed by atoms with E-state index in [2.05, 4.69) is 0 Å². The Morgan fingerprint density at radius 1 is 1.24 bits per heavy atom. The van der Waals surface area contributed by atoms with Crippen LogP contribution in [0.1, 0.15) is 6.92 Å². The minimum Gasteiger partial charge on any atom is -0.479 e. The van der Waals surface area contributed by atoms with Crippen molar-refractivity contribution in [3.63, 3.8) is 0 Å². The Hall–Kier alpha value is -2.23. The molecule has 1 N–H and O–H groups in total. The topological polar surface area (TPSA) is 59.7 Å². The van der Waals surface area contributed by atoms with Crippen molar-refractivity contribution in [1.82, 2.24) is 0 Å². The number of hydrogen-bond donors (Lipinski definition) is 1. The molecular formula is C13H12O4. The van der Waals surface area contributed by atoms with Gasteiger partial charge in [0.2, 0.25) is 0 Å². The largest absolute Gasteiger partial charge is 0.479 e. The van der Waals surface area contributed by atoms with Crippen LogP contribution in [0.15, 0.2) is 47.3 Å². The molecule has 2 aromatic rings. The molecule has 1 heterocycles. The predicted molar refractivity (Wildman–Crippen MR) is 61.9 cm³/mol. The lowest BCUT2D eigenvalue weighted by molar-refractivity contribution is -0.144. The summed E-state index contributed by atoms with van der Waals surface area (Å²) >= 11 is 0. The highest BCUT2D eigenvalue weighted by molar-refractivity contribution is 5.72. The second kappa shape index (κ2) is 4.74. The van der Waals surface area contributed by atoms with Crippen LogP contribution < -0.4 is 4.74 Å². The molecule has 0 radical (unpaired) electrons. The summed E-state index contributed by atoms with van der Waals surface area (Å²) in [6, 6.07) is 9.04. The lowest BCUT2D eigenvalue weighted by atomic mass is 10.1. The maximum atomic E-state index is 10.6. The van der Waals surface area contributed by atoms with Gasteiger partial charge in [-0.1, -0.05) is 12.1 Å². The van der Waals surface area contributed by atoms with E-state index in [-0.39, 0.29) is 0 Å². The number of carboxylic acids is 1. The van der Waals surface area contributed by atoms with E-state index in [1.54, 1.807) is 24.7 Å². The Kier molecular flexibility index (Phi) is 3.14. The number of aliphatic carboxylic acids is 1. The van der Waals surface area contributed by atoms with Crippen LogP contribution >= 0.6 is 0 Å². The van der Waals surface area contributed by atoms with Gasteiger partial charge in [-0.25, -0.2) is 4.79 Å². The fourth-order valence-corrected chi connectivity index (χ4v) is 1.41. The minimum atomic E-state index is -0.982. The van der Waals surface area contributed by atoms with Gasteiger partial charge < -0.3 is 14.3 Å². The smallest absolute Gasteiger partial charge is 0.344 e. The molecule has 0 aliphatic heterocycles. The fraction of sp³-hybridized carbons (Fsp3) is 0.154. The van der Waals surface area contributed by atoms with E-state index in [9.17, 15) is 4.79 Å². The molecule has 0 bridgehead atoms. The van der Waals surface area contributed by atoms with Gasteiger partial charge >= 0.3 is 5.97 Å². The van der Waals surface area contributed by atoms with Crippen LogP contribution in [0.25, 0.3) is 11.1 Å². The molecule has 4 heteroatoms. The van der Waals surface area contributed by atoms with Gasteiger partial charge in [0.05, 0.1) is 12.5 Å². The molecule has 1 atom stereocenters. The van der Waals surface area contributed by atoms with Gasteiger partial charge in [0, 0.05) is 5.56 Å². The molecule has 1 aromatic heterocycles. The zero-order valence-electron chi connectivity index (χ0n) is 9.29. The van der Waals surface area contributed by atoms with Crippen LogP contribution in [-0.2, 0) is 4.79 Å². The van der Waals surface area contributed by atoms with Crippen molar-refractivity contribution in [2.45, 2.75) is 13.0 Å². The Labute approximate surface area is 98.4 Å². The normalized spacial score (nSPS) is 12.1. The molecule has 0 aliphatic carbocycles. The Balaban J connectivity index is 2.11. The third kappa shape index (κ3) is 2.66. The zero-order valence-corrected chi connectivity index (χ0v) is 9.29. The summed E-state index contributed by atoms with van der Waals surface area (Å²) < 4.78 is 10.2. The number of furan rings is 1. The SMILES string of the molecule is CC(Oc1ccc(-c2ccoc2)cc1)C(=O)O. The lowest BCUT2D eigenvalue weighted by Crippen LogP contribution is -2.22. The molecule has 0 aliphatic rings. The third-order valence-corrected chi connectivity index (χ3v) is 2.37. The molecule has 1 unspecified atom stereocenters. The molecule has 0 amide bonds. The van der Waals surface area contributed by atoms with Crippen LogP contribution in [0.2, 0.25) is 0 Å². The van der Waals surface area contributed by atoms with Gasteiger partial charge in [0.1, 0.15) is 5.75 Å². The van der Waals surface area contributed by atoms with Gasteiger partial charge in [-0.05, 0) is 30.7 Å². The second-order valence-electron chi connectivity index (χ2n) is 3.63. The molecule has 17 heavy (non-hydrogen) atoms. The summed E-state index contributed by atoms with van der Waals surface area (Å²) in [6.45, 7) is 1.49. The third-order valence-electron chi connectivity index (χ3n) is 2.37. The maximum Gasteiger partial charge on any atom is 0.344 e.